The van der Waals surface area contributed by atoms with Gasteiger partial charge < -0.3 is 10.6 Å². The smallest absolute Gasteiger partial charge is 0.171 e. The molecule has 0 heterocycles. The van der Waals surface area contributed by atoms with E-state index in [1.807, 2.05) is 0 Å². The molecule has 0 aliphatic heterocycles. The fourth-order valence-electron chi connectivity index (χ4n) is 5.61. The van der Waals surface area contributed by atoms with Crippen LogP contribution in [0.5, 0.6) is 0 Å². The van der Waals surface area contributed by atoms with Gasteiger partial charge in [-0.2, -0.15) is 0 Å². The summed E-state index contributed by atoms with van der Waals surface area (Å²) >= 11 is 5.66. The Morgan fingerprint density at radius 3 is 2.27 bits per heavy atom. The predicted octanol–water partition coefficient (Wildman–Crippen LogP) is 4.50. The third kappa shape index (κ3) is 2.64. The van der Waals surface area contributed by atoms with E-state index in [2.05, 4.69) is 41.8 Å². The van der Waals surface area contributed by atoms with Crippen molar-refractivity contribution in [3.05, 3.63) is 29.8 Å². The molecule has 0 spiro atoms. The molecule has 4 saturated carbocycles. The summed E-state index contributed by atoms with van der Waals surface area (Å²) in [4.78, 5) is 0. The number of thiocarbonyl (C=S) groups is 1. The molecule has 4 aliphatic rings. The van der Waals surface area contributed by atoms with E-state index >= 15 is 0 Å². The van der Waals surface area contributed by atoms with Gasteiger partial charge in [-0.25, -0.2) is 0 Å². The van der Waals surface area contributed by atoms with Crippen molar-refractivity contribution in [2.24, 2.45) is 17.8 Å². The Balaban J connectivity index is 1.46. The second-order valence-corrected chi connectivity index (χ2v) is 8.20. The number of para-hydroxylation sites is 1. The predicted molar refractivity (Wildman–Crippen MR) is 96.1 cm³/mol. The highest BCUT2D eigenvalue weighted by atomic mass is 32.1. The lowest BCUT2D eigenvalue weighted by Gasteiger charge is -2.57. The summed E-state index contributed by atoms with van der Waals surface area (Å²) in [7, 11) is 0. The lowest BCUT2D eigenvalue weighted by molar-refractivity contribution is -0.00972. The average Bonchev–Trinajstić information content (AvgIpc) is 2.45. The van der Waals surface area contributed by atoms with Crippen LogP contribution in [0.3, 0.4) is 0 Å². The van der Waals surface area contributed by atoms with Crippen molar-refractivity contribution in [2.45, 2.75) is 57.4 Å². The van der Waals surface area contributed by atoms with Crippen LogP contribution in [0.15, 0.2) is 24.3 Å². The standard InChI is InChI=1S/C19H26N2S/c1-2-16-5-3-4-6-17(16)20-18(22)21-19-10-13-7-14(11-19)9-15(8-13)12-19/h3-6,13-15H,2,7-12H2,1H3,(H2,20,21,22). The van der Waals surface area contributed by atoms with E-state index in [9.17, 15) is 0 Å². The van der Waals surface area contributed by atoms with Crippen LogP contribution >= 0.6 is 12.2 Å². The summed E-state index contributed by atoms with van der Waals surface area (Å²) in [5.41, 5.74) is 2.78. The number of hydrogen-bond donors (Lipinski definition) is 2. The van der Waals surface area contributed by atoms with Crippen molar-refractivity contribution in [1.82, 2.24) is 5.32 Å². The van der Waals surface area contributed by atoms with Crippen molar-refractivity contribution in [3.8, 4) is 0 Å². The second kappa shape index (κ2) is 5.52. The normalized spacial score (nSPS) is 35.4. The molecule has 22 heavy (non-hydrogen) atoms. The number of rotatable bonds is 3. The van der Waals surface area contributed by atoms with E-state index in [1.165, 1.54) is 44.1 Å². The van der Waals surface area contributed by atoms with Crippen LogP contribution in [-0.4, -0.2) is 10.7 Å². The minimum atomic E-state index is 0.292. The van der Waals surface area contributed by atoms with Gasteiger partial charge in [0.25, 0.3) is 0 Å². The van der Waals surface area contributed by atoms with E-state index in [4.69, 9.17) is 12.2 Å². The SMILES string of the molecule is CCc1ccccc1NC(=S)NC12CC3CC(CC(C3)C1)C2. The van der Waals surface area contributed by atoms with Crippen LogP contribution in [0.1, 0.15) is 51.0 Å². The Hall–Kier alpha value is -1.09. The maximum absolute atomic E-state index is 5.66. The molecular formula is C19H26N2S. The zero-order valence-corrected chi connectivity index (χ0v) is 14.2. The van der Waals surface area contributed by atoms with Gasteiger partial charge in [0.2, 0.25) is 0 Å². The molecular weight excluding hydrogens is 288 g/mol. The monoisotopic (exact) mass is 314 g/mol. The molecule has 0 saturated heterocycles. The van der Waals surface area contributed by atoms with Gasteiger partial charge in [0.1, 0.15) is 0 Å². The number of hydrogen-bond acceptors (Lipinski definition) is 1. The fourth-order valence-corrected chi connectivity index (χ4v) is 5.94. The van der Waals surface area contributed by atoms with E-state index in [-0.39, 0.29) is 0 Å². The van der Waals surface area contributed by atoms with Crippen LogP contribution in [0, 0.1) is 17.8 Å². The highest BCUT2D eigenvalue weighted by molar-refractivity contribution is 7.80. The van der Waals surface area contributed by atoms with Gasteiger partial charge in [-0.05, 0) is 86.5 Å². The first-order chi connectivity index (χ1) is 10.7. The molecule has 5 rings (SSSR count). The van der Waals surface area contributed by atoms with E-state index in [0.29, 0.717) is 5.54 Å². The molecule has 3 heteroatoms. The summed E-state index contributed by atoms with van der Waals surface area (Å²) in [5, 5.41) is 8.02. The molecule has 4 fully saturated rings. The van der Waals surface area contributed by atoms with Crippen LogP contribution in [0.2, 0.25) is 0 Å². The Bertz CT molecular complexity index is 545. The Morgan fingerprint density at radius 2 is 1.68 bits per heavy atom. The van der Waals surface area contributed by atoms with Crippen LogP contribution in [-0.2, 0) is 6.42 Å². The topological polar surface area (TPSA) is 24.1 Å². The van der Waals surface area contributed by atoms with E-state index in [0.717, 1.165) is 35.0 Å². The molecule has 1 aromatic carbocycles. The zero-order chi connectivity index (χ0) is 15.2. The van der Waals surface area contributed by atoms with Gasteiger partial charge in [-0.1, -0.05) is 25.1 Å². The van der Waals surface area contributed by atoms with Gasteiger partial charge in [-0.15, -0.1) is 0 Å². The Labute approximate surface area is 139 Å². The second-order valence-electron chi connectivity index (χ2n) is 7.79. The molecule has 118 valence electrons. The highest BCUT2D eigenvalue weighted by Gasteiger charge is 2.51. The average molecular weight is 314 g/mol. The fraction of sp³-hybridized carbons (Fsp3) is 0.632. The third-order valence-electron chi connectivity index (χ3n) is 6.06. The van der Waals surface area contributed by atoms with Gasteiger partial charge in [0.15, 0.2) is 5.11 Å². The zero-order valence-electron chi connectivity index (χ0n) is 13.4. The van der Waals surface area contributed by atoms with Crippen LogP contribution in [0.4, 0.5) is 5.69 Å². The number of benzene rings is 1. The lowest BCUT2D eigenvalue weighted by atomic mass is 9.53. The summed E-state index contributed by atoms with van der Waals surface area (Å²) in [5.74, 6) is 2.85. The lowest BCUT2D eigenvalue weighted by Crippen LogP contribution is -2.60. The molecule has 4 bridgehead atoms. The van der Waals surface area contributed by atoms with Gasteiger partial charge >= 0.3 is 0 Å². The first-order valence-electron chi connectivity index (χ1n) is 8.83. The van der Waals surface area contributed by atoms with Crippen molar-refractivity contribution >= 4 is 23.0 Å². The first kappa shape index (κ1) is 14.5. The Morgan fingerprint density at radius 1 is 1.09 bits per heavy atom. The molecule has 0 aromatic heterocycles. The summed E-state index contributed by atoms with van der Waals surface area (Å²) in [6.45, 7) is 2.19. The van der Waals surface area contributed by atoms with Gasteiger partial charge in [0.05, 0.1) is 0 Å². The third-order valence-corrected chi connectivity index (χ3v) is 6.27. The minimum absolute atomic E-state index is 0.292. The largest absolute Gasteiger partial charge is 0.357 e. The van der Waals surface area contributed by atoms with Crippen molar-refractivity contribution in [2.75, 3.05) is 5.32 Å². The molecule has 0 atom stereocenters. The molecule has 0 amide bonds. The maximum Gasteiger partial charge on any atom is 0.171 e. The number of anilines is 1. The molecule has 0 radical (unpaired) electrons. The van der Waals surface area contributed by atoms with Crippen molar-refractivity contribution in [3.63, 3.8) is 0 Å². The molecule has 2 nitrogen and oxygen atoms in total. The molecule has 2 N–H and O–H groups in total. The number of nitrogens with one attached hydrogen (secondary N) is 2. The van der Waals surface area contributed by atoms with Crippen molar-refractivity contribution < 1.29 is 0 Å². The summed E-state index contributed by atoms with van der Waals surface area (Å²) < 4.78 is 0. The quantitative estimate of drug-likeness (QED) is 0.803. The van der Waals surface area contributed by atoms with Gasteiger partial charge in [0, 0.05) is 11.2 Å². The minimum Gasteiger partial charge on any atom is -0.357 e. The maximum atomic E-state index is 5.66. The van der Waals surface area contributed by atoms with Crippen LogP contribution < -0.4 is 10.6 Å². The van der Waals surface area contributed by atoms with E-state index < -0.39 is 0 Å². The highest BCUT2D eigenvalue weighted by Crippen LogP contribution is 2.55. The van der Waals surface area contributed by atoms with Crippen molar-refractivity contribution in [1.29, 1.82) is 0 Å². The Kier molecular flexibility index (Phi) is 3.64. The first-order valence-corrected chi connectivity index (χ1v) is 9.24. The van der Waals surface area contributed by atoms with Gasteiger partial charge in [-0.3, -0.25) is 0 Å². The summed E-state index contributed by atoms with van der Waals surface area (Å²) in [6, 6.07) is 8.48. The molecule has 1 aromatic rings. The van der Waals surface area contributed by atoms with E-state index in [1.54, 1.807) is 0 Å². The molecule has 4 aliphatic carbocycles. The number of aryl methyl sites for hydroxylation is 1. The summed E-state index contributed by atoms with van der Waals surface area (Å²) in [6.07, 6.45) is 9.44. The van der Waals surface area contributed by atoms with Crippen LogP contribution in [0.25, 0.3) is 0 Å². The molecule has 0 unspecified atom stereocenters.